The molecule has 2 aromatic rings. The first kappa shape index (κ1) is 27.9. The van der Waals surface area contributed by atoms with Gasteiger partial charge in [-0.1, -0.05) is 48.3 Å². The molecule has 7 nitrogen and oxygen atoms in total. The lowest BCUT2D eigenvalue weighted by molar-refractivity contribution is -0.140. The molecule has 11 heteroatoms. The van der Waals surface area contributed by atoms with Crippen LogP contribution in [0.1, 0.15) is 32.8 Å². The van der Waals surface area contributed by atoms with Gasteiger partial charge in [0.05, 0.1) is 11.9 Å². The predicted molar refractivity (Wildman–Crippen MR) is 133 cm³/mol. The van der Waals surface area contributed by atoms with E-state index in [0.717, 1.165) is 12.3 Å². The highest BCUT2D eigenvalue weighted by molar-refractivity contribution is 7.92. The number of benzene rings is 2. The summed E-state index contributed by atoms with van der Waals surface area (Å²) >= 11 is 12.3. The molecule has 0 spiro atoms. The first-order valence-corrected chi connectivity index (χ1v) is 13.2. The normalized spacial score (nSPS) is 12.4. The second-order valence-corrected chi connectivity index (χ2v) is 10.8. The summed E-state index contributed by atoms with van der Waals surface area (Å²) in [6.07, 6.45) is 1.14. The number of halogens is 3. The maximum Gasteiger partial charge on any atom is 0.244 e. The summed E-state index contributed by atoms with van der Waals surface area (Å²) in [5, 5.41) is 3.48. The molecule has 0 aliphatic rings. The standard InChI is InChI=1S/C23H28Cl2FN3O4S/c1-5-20(23(31)27-15(2)3)28(13-16-10-11-17(24)12-18(16)25)22(30)14-29(34(4,32)33)21-9-7-6-8-19(21)26/h6-12,15,20H,5,13-14H2,1-4H3,(H,27,31). The first-order valence-electron chi connectivity index (χ1n) is 10.6. The summed E-state index contributed by atoms with van der Waals surface area (Å²) < 4.78 is 40.1. The van der Waals surface area contributed by atoms with Gasteiger partial charge in [-0.25, -0.2) is 12.8 Å². The Morgan fingerprint density at radius 2 is 1.76 bits per heavy atom. The van der Waals surface area contributed by atoms with Crippen LogP contribution in [0.25, 0.3) is 0 Å². The van der Waals surface area contributed by atoms with Crippen molar-refractivity contribution in [2.75, 3.05) is 17.1 Å². The third kappa shape index (κ3) is 7.32. The van der Waals surface area contributed by atoms with Crippen LogP contribution in [0.15, 0.2) is 42.5 Å². The molecule has 1 N–H and O–H groups in total. The third-order valence-corrected chi connectivity index (χ3v) is 6.69. The smallest absolute Gasteiger partial charge is 0.244 e. The number of rotatable bonds is 10. The number of hydrogen-bond donors (Lipinski definition) is 1. The molecule has 34 heavy (non-hydrogen) atoms. The highest BCUT2D eigenvalue weighted by atomic mass is 35.5. The fraction of sp³-hybridized carbons (Fsp3) is 0.391. The van der Waals surface area contributed by atoms with Gasteiger partial charge in [0.1, 0.15) is 18.4 Å². The Labute approximate surface area is 209 Å². The second-order valence-electron chi connectivity index (χ2n) is 8.07. The van der Waals surface area contributed by atoms with Gasteiger partial charge in [0.15, 0.2) is 0 Å². The monoisotopic (exact) mass is 531 g/mol. The quantitative estimate of drug-likeness (QED) is 0.496. The molecule has 0 aromatic heterocycles. The molecule has 0 heterocycles. The van der Waals surface area contributed by atoms with Gasteiger partial charge in [0.2, 0.25) is 21.8 Å². The van der Waals surface area contributed by atoms with E-state index in [1.54, 1.807) is 32.9 Å². The van der Waals surface area contributed by atoms with Crippen LogP contribution in [0, 0.1) is 5.82 Å². The number of carbonyl (C=O) groups is 2. The molecular formula is C23H28Cl2FN3O4S. The lowest BCUT2D eigenvalue weighted by Gasteiger charge is -2.33. The van der Waals surface area contributed by atoms with E-state index < -0.39 is 40.2 Å². The molecule has 1 unspecified atom stereocenters. The van der Waals surface area contributed by atoms with Crippen molar-refractivity contribution in [1.29, 1.82) is 0 Å². The van der Waals surface area contributed by atoms with Gasteiger partial charge < -0.3 is 10.2 Å². The molecule has 0 aliphatic carbocycles. The zero-order chi connectivity index (χ0) is 25.6. The van der Waals surface area contributed by atoms with Crippen LogP contribution in [0.3, 0.4) is 0 Å². The summed E-state index contributed by atoms with van der Waals surface area (Å²) in [5.74, 6) is -1.88. The van der Waals surface area contributed by atoms with E-state index in [-0.39, 0.29) is 24.7 Å². The number of para-hydroxylation sites is 1. The number of amides is 2. The highest BCUT2D eigenvalue weighted by Gasteiger charge is 2.33. The van der Waals surface area contributed by atoms with Crippen molar-refractivity contribution in [2.24, 2.45) is 0 Å². The molecule has 0 bridgehead atoms. The Balaban J connectivity index is 2.49. The van der Waals surface area contributed by atoms with E-state index >= 15 is 0 Å². The maximum absolute atomic E-state index is 14.4. The lowest BCUT2D eigenvalue weighted by atomic mass is 10.1. The van der Waals surface area contributed by atoms with Crippen LogP contribution in [0.5, 0.6) is 0 Å². The highest BCUT2D eigenvalue weighted by Crippen LogP contribution is 2.25. The maximum atomic E-state index is 14.4. The van der Waals surface area contributed by atoms with Crippen LogP contribution in [-0.4, -0.2) is 50.0 Å². The van der Waals surface area contributed by atoms with Crippen molar-refractivity contribution in [3.63, 3.8) is 0 Å². The largest absolute Gasteiger partial charge is 0.352 e. The lowest BCUT2D eigenvalue weighted by Crippen LogP contribution is -2.53. The molecule has 0 saturated heterocycles. The van der Waals surface area contributed by atoms with Gasteiger partial charge in [0.25, 0.3) is 0 Å². The number of hydrogen-bond acceptors (Lipinski definition) is 4. The predicted octanol–water partition coefficient (Wildman–Crippen LogP) is 4.23. The van der Waals surface area contributed by atoms with Crippen LogP contribution < -0.4 is 9.62 Å². The van der Waals surface area contributed by atoms with Gasteiger partial charge in [-0.3, -0.25) is 13.9 Å². The number of anilines is 1. The van der Waals surface area contributed by atoms with E-state index in [1.807, 2.05) is 0 Å². The molecule has 2 aromatic carbocycles. The van der Waals surface area contributed by atoms with Gasteiger partial charge >= 0.3 is 0 Å². The van der Waals surface area contributed by atoms with Crippen LogP contribution >= 0.6 is 23.2 Å². The van der Waals surface area contributed by atoms with Crippen molar-refractivity contribution in [3.05, 3.63) is 63.9 Å². The van der Waals surface area contributed by atoms with E-state index in [1.165, 1.54) is 29.2 Å². The minimum absolute atomic E-state index is 0.0757. The van der Waals surface area contributed by atoms with Crippen molar-refractivity contribution in [3.8, 4) is 0 Å². The molecule has 2 amide bonds. The minimum Gasteiger partial charge on any atom is -0.352 e. The molecule has 0 saturated carbocycles. The Bertz CT molecular complexity index is 1140. The van der Waals surface area contributed by atoms with E-state index in [9.17, 15) is 22.4 Å². The van der Waals surface area contributed by atoms with Crippen molar-refractivity contribution >= 4 is 50.7 Å². The molecule has 1 atom stereocenters. The summed E-state index contributed by atoms with van der Waals surface area (Å²) in [6, 6.07) is 8.91. The molecule has 2 rings (SSSR count). The number of nitrogens with zero attached hydrogens (tertiary/aromatic N) is 2. The fourth-order valence-corrected chi connectivity index (χ4v) is 4.70. The number of sulfonamides is 1. The molecule has 0 fully saturated rings. The Kier molecular flexibility index (Phi) is 9.73. The molecule has 0 aliphatic heterocycles. The van der Waals surface area contributed by atoms with Gasteiger partial charge in [-0.2, -0.15) is 0 Å². The molecular weight excluding hydrogens is 504 g/mol. The SMILES string of the molecule is CCC(C(=O)NC(C)C)N(Cc1ccc(Cl)cc1Cl)C(=O)CN(c1ccccc1F)S(C)(=O)=O. The molecule has 0 radical (unpaired) electrons. The van der Waals surface area contributed by atoms with Crippen LogP contribution in [0.4, 0.5) is 10.1 Å². The van der Waals surface area contributed by atoms with Gasteiger partial charge in [-0.15, -0.1) is 0 Å². The zero-order valence-electron chi connectivity index (χ0n) is 19.4. The second kappa shape index (κ2) is 11.9. The minimum atomic E-state index is -4.03. The Hall–Kier alpha value is -2.36. The summed E-state index contributed by atoms with van der Waals surface area (Å²) in [7, 11) is -4.03. The Morgan fingerprint density at radius 3 is 2.29 bits per heavy atom. The Morgan fingerprint density at radius 1 is 1.12 bits per heavy atom. The first-order chi connectivity index (χ1) is 15.8. The van der Waals surface area contributed by atoms with E-state index in [0.29, 0.717) is 19.9 Å². The average Bonchev–Trinajstić information content (AvgIpc) is 2.72. The van der Waals surface area contributed by atoms with Crippen LogP contribution in [0.2, 0.25) is 10.0 Å². The number of carbonyl (C=O) groups excluding carboxylic acids is 2. The van der Waals surface area contributed by atoms with E-state index in [4.69, 9.17) is 23.2 Å². The van der Waals surface area contributed by atoms with Gasteiger partial charge in [-0.05, 0) is 50.1 Å². The van der Waals surface area contributed by atoms with Gasteiger partial charge in [0, 0.05) is 22.6 Å². The summed E-state index contributed by atoms with van der Waals surface area (Å²) in [5.41, 5.74) is 0.259. The fourth-order valence-electron chi connectivity index (χ4n) is 3.38. The van der Waals surface area contributed by atoms with Crippen molar-refractivity contribution in [1.82, 2.24) is 10.2 Å². The van der Waals surface area contributed by atoms with Crippen molar-refractivity contribution < 1.29 is 22.4 Å². The van der Waals surface area contributed by atoms with E-state index in [2.05, 4.69) is 5.32 Å². The average molecular weight is 532 g/mol. The topological polar surface area (TPSA) is 86.8 Å². The van der Waals surface area contributed by atoms with Crippen molar-refractivity contribution in [2.45, 2.75) is 45.8 Å². The number of nitrogens with one attached hydrogen (secondary N) is 1. The zero-order valence-corrected chi connectivity index (χ0v) is 21.7. The summed E-state index contributed by atoms with van der Waals surface area (Å²) in [4.78, 5) is 27.7. The summed E-state index contributed by atoms with van der Waals surface area (Å²) in [6.45, 7) is 4.54. The molecule has 186 valence electrons. The van der Waals surface area contributed by atoms with Crippen LogP contribution in [-0.2, 0) is 26.2 Å². The third-order valence-electron chi connectivity index (χ3n) is 4.97.